The van der Waals surface area contributed by atoms with Crippen LogP contribution >= 0.6 is 0 Å². The zero-order valence-electron chi connectivity index (χ0n) is 11.6. The Bertz CT molecular complexity index is 424. The second kappa shape index (κ2) is 7.70. The second-order valence-electron chi connectivity index (χ2n) is 4.23. The Morgan fingerprint density at radius 2 is 2.26 bits per heavy atom. The molecule has 106 valence electrons. The molecule has 0 saturated carbocycles. The van der Waals surface area contributed by atoms with Crippen LogP contribution in [0.5, 0.6) is 5.75 Å². The summed E-state index contributed by atoms with van der Waals surface area (Å²) in [5.74, 6) is 0.0701. The highest BCUT2D eigenvalue weighted by molar-refractivity contribution is 5.78. The molecule has 6 nitrogen and oxygen atoms in total. The van der Waals surface area contributed by atoms with Gasteiger partial charge in [0.05, 0.1) is 12.3 Å². The summed E-state index contributed by atoms with van der Waals surface area (Å²) in [5, 5.41) is 3.19. The van der Waals surface area contributed by atoms with Crippen LogP contribution in [0.15, 0.2) is 12.1 Å². The third-order valence-corrected chi connectivity index (χ3v) is 2.55. The predicted molar refractivity (Wildman–Crippen MR) is 71.8 cm³/mol. The van der Waals surface area contributed by atoms with E-state index >= 15 is 0 Å². The van der Waals surface area contributed by atoms with E-state index in [4.69, 9.17) is 15.2 Å². The fourth-order valence-corrected chi connectivity index (χ4v) is 1.46. The van der Waals surface area contributed by atoms with E-state index in [1.165, 1.54) is 0 Å². The lowest BCUT2D eigenvalue weighted by molar-refractivity contribution is -0.124. The summed E-state index contributed by atoms with van der Waals surface area (Å²) >= 11 is 0. The topological polar surface area (TPSA) is 86.5 Å². The molecule has 6 heteroatoms. The lowest BCUT2D eigenvalue weighted by Gasteiger charge is -2.15. The quantitative estimate of drug-likeness (QED) is 0.665. The number of pyridine rings is 1. The molecule has 0 aromatic carbocycles. The molecule has 0 radical (unpaired) electrons. The molecule has 1 aromatic heterocycles. The summed E-state index contributed by atoms with van der Waals surface area (Å²) in [5.41, 5.74) is 6.83. The first kappa shape index (κ1) is 15.4. The molecule has 0 aliphatic rings. The minimum atomic E-state index is -0.678. The zero-order valence-corrected chi connectivity index (χ0v) is 11.6. The van der Waals surface area contributed by atoms with Gasteiger partial charge in [0.15, 0.2) is 6.10 Å². The first-order valence-electron chi connectivity index (χ1n) is 6.16. The van der Waals surface area contributed by atoms with Crippen molar-refractivity contribution in [1.82, 2.24) is 10.3 Å². The van der Waals surface area contributed by atoms with E-state index in [0.717, 1.165) is 17.9 Å². The number of nitrogens with zero attached hydrogens (tertiary/aromatic N) is 1. The first-order chi connectivity index (χ1) is 9.04. The monoisotopic (exact) mass is 267 g/mol. The number of carbonyl (C=O) groups is 1. The largest absolute Gasteiger partial charge is 0.479 e. The number of amides is 1. The molecule has 0 fully saturated rings. The molecule has 3 N–H and O–H groups in total. The number of ether oxygens (including phenoxy) is 2. The fraction of sp³-hybridized carbons (Fsp3) is 0.538. The van der Waals surface area contributed by atoms with E-state index < -0.39 is 12.0 Å². The molecule has 1 unspecified atom stereocenters. The van der Waals surface area contributed by atoms with E-state index in [9.17, 15) is 4.79 Å². The molecule has 1 heterocycles. The Morgan fingerprint density at radius 1 is 1.53 bits per heavy atom. The van der Waals surface area contributed by atoms with Crippen molar-refractivity contribution in [3.8, 4) is 5.75 Å². The van der Waals surface area contributed by atoms with Gasteiger partial charge in [0.25, 0.3) is 5.91 Å². The summed E-state index contributed by atoms with van der Waals surface area (Å²) in [6.45, 7) is 5.41. The Kier molecular flexibility index (Phi) is 6.24. The molecule has 0 spiro atoms. The van der Waals surface area contributed by atoms with Crippen molar-refractivity contribution in [3.63, 3.8) is 0 Å². The normalized spacial score (nSPS) is 12.2. The van der Waals surface area contributed by atoms with Gasteiger partial charge in [0.1, 0.15) is 5.75 Å². The highest BCUT2D eigenvalue weighted by Crippen LogP contribution is 2.18. The Hall–Kier alpha value is -1.66. The summed E-state index contributed by atoms with van der Waals surface area (Å²) in [7, 11) is 1.65. The standard InChI is InChI=1S/C13H21N3O3/c1-9-4-5-12(19-10(2)13(14)17)11(16-9)8-15-6-7-18-3/h4-5,10,15H,6-8H2,1-3H3,(H2,14,17). The molecule has 19 heavy (non-hydrogen) atoms. The van der Waals surface area contributed by atoms with Gasteiger partial charge in [0.2, 0.25) is 0 Å². The number of aromatic nitrogens is 1. The van der Waals surface area contributed by atoms with E-state index in [1.54, 1.807) is 20.1 Å². The predicted octanol–water partition coefficient (Wildman–Crippen LogP) is 0.379. The van der Waals surface area contributed by atoms with Crippen molar-refractivity contribution in [1.29, 1.82) is 0 Å². The van der Waals surface area contributed by atoms with Gasteiger partial charge in [-0.3, -0.25) is 9.78 Å². The van der Waals surface area contributed by atoms with E-state index in [2.05, 4.69) is 10.3 Å². The fourth-order valence-electron chi connectivity index (χ4n) is 1.46. The number of rotatable bonds is 8. The molecule has 1 atom stereocenters. The van der Waals surface area contributed by atoms with Crippen molar-refractivity contribution < 1.29 is 14.3 Å². The van der Waals surface area contributed by atoms with Crippen molar-refractivity contribution >= 4 is 5.91 Å². The van der Waals surface area contributed by atoms with Gasteiger partial charge in [-0.15, -0.1) is 0 Å². The lowest BCUT2D eigenvalue weighted by Crippen LogP contribution is -2.31. The van der Waals surface area contributed by atoms with Crippen LogP contribution in [-0.4, -0.2) is 37.3 Å². The Labute approximate surface area is 113 Å². The molecule has 1 amide bonds. The van der Waals surface area contributed by atoms with E-state index in [1.807, 2.05) is 13.0 Å². The molecule has 0 saturated heterocycles. The molecule has 0 aliphatic carbocycles. The molecular weight excluding hydrogens is 246 g/mol. The summed E-state index contributed by atoms with van der Waals surface area (Å²) in [6, 6.07) is 3.64. The van der Waals surface area contributed by atoms with Crippen molar-refractivity contribution in [2.45, 2.75) is 26.5 Å². The summed E-state index contributed by atoms with van der Waals surface area (Å²) < 4.78 is 10.5. The minimum absolute atomic E-state index is 0.501. The zero-order chi connectivity index (χ0) is 14.3. The number of hydrogen-bond donors (Lipinski definition) is 2. The third kappa shape index (κ3) is 5.23. The second-order valence-corrected chi connectivity index (χ2v) is 4.23. The lowest BCUT2D eigenvalue weighted by atomic mass is 10.2. The van der Waals surface area contributed by atoms with Crippen molar-refractivity contribution in [2.24, 2.45) is 5.73 Å². The number of aryl methyl sites for hydroxylation is 1. The smallest absolute Gasteiger partial charge is 0.258 e. The molecule has 1 aromatic rings. The number of nitrogens with one attached hydrogen (secondary N) is 1. The summed E-state index contributed by atoms with van der Waals surface area (Å²) in [4.78, 5) is 15.4. The van der Waals surface area contributed by atoms with Crippen LogP contribution in [0.25, 0.3) is 0 Å². The molecule has 0 aliphatic heterocycles. The van der Waals surface area contributed by atoms with E-state index in [-0.39, 0.29) is 0 Å². The average Bonchev–Trinajstić information content (AvgIpc) is 2.37. The van der Waals surface area contributed by atoms with Gasteiger partial charge < -0.3 is 20.5 Å². The van der Waals surface area contributed by atoms with Gasteiger partial charge in [-0.2, -0.15) is 0 Å². The minimum Gasteiger partial charge on any atom is -0.479 e. The van der Waals surface area contributed by atoms with Crippen LogP contribution in [0.4, 0.5) is 0 Å². The van der Waals surface area contributed by atoms with Crippen LogP contribution in [0.2, 0.25) is 0 Å². The first-order valence-corrected chi connectivity index (χ1v) is 6.16. The van der Waals surface area contributed by atoms with Crippen LogP contribution in [0, 0.1) is 6.92 Å². The van der Waals surface area contributed by atoms with Crippen molar-refractivity contribution in [2.75, 3.05) is 20.3 Å². The molecule has 1 rings (SSSR count). The summed E-state index contributed by atoms with van der Waals surface area (Å²) in [6.07, 6.45) is -0.678. The number of carbonyl (C=O) groups excluding carboxylic acids is 1. The van der Waals surface area contributed by atoms with E-state index in [0.29, 0.717) is 18.9 Å². The highest BCUT2D eigenvalue weighted by atomic mass is 16.5. The number of primary amides is 1. The number of methoxy groups -OCH3 is 1. The maximum atomic E-state index is 11.0. The van der Waals surface area contributed by atoms with Crippen LogP contribution in [-0.2, 0) is 16.1 Å². The Morgan fingerprint density at radius 3 is 2.89 bits per heavy atom. The number of hydrogen-bond acceptors (Lipinski definition) is 5. The molecule has 0 bridgehead atoms. The van der Waals surface area contributed by atoms with Gasteiger partial charge in [0, 0.05) is 25.9 Å². The van der Waals surface area contributed by atoms with Crippen LogP contribution in [0.3, 0.4) is 0 Å². The highest BCUT2D eigenvalue weighted by Gasteiger charge is 2.13. The van der Waals surface area contributed by atoms with Crippen molar-refractivity contribution in [3.05, 3.63) is 23.5 Å². The maximum Gasteiger partial charge on any atom is 0.258 e. The third-order valence-electron chi connectivity index (χ3n) is 2.55. The van der Waals surface area contributed by atoms with Gasteiger partial charge in [-0.05, 0) is 26.0 Å². The van der Waals surface area contributed by atoms with Crippen LogP contribution in [0.1, 0.15) is 18.3 Å². The average molecular weight is 267 g/mol. The number of nitrogens with two attached hydrogens (primary N) is 1. The van der Waals surface area contributed by atoms with Gasteiger partial charge in [-0.25, -0.2) is 0 Å². The molecular formula is C13H21N3O3. The maximum absolute atomic E-state index is 11.0. The van der Waals surface area contributed by atoms with Gasteiger partial charge in [-0.1, -0.05) is 0 Å². The van der Waals surface area contributed by atoms with Gasteiger partial charge >= 0.3 is 0 Å². The SMILES string of the molecule is COCCNCc1nc(C)ccc1OC(C)C(N)=O. The Balaban J connectivity index is 2.71. The van der Waals surface area contributed by atoms with Crippen LogP contribution < -0.4 is 15.8 Å².